The number of nitrogens with zero attached hydrogens (tertiary/aromatic N) is 1. The van der Waals surface area contributed by atoms with Gasteiger partial charge in [-0.25, -0.2) is 0 Å². The van der Waals surface area contributed by atoms with Gasteiger partial charge in [-0.15, -0.1) is 4.91 Å². The molecule has 3 aromatic carbocycles. The van der Waals surface area contributed by atoms with Gasteiger partial charge in [-0.05, 0) is 75.7 Å². The largest absolute Gasteiger partial charge is 0.366 e. The molecule has 144 valence electrons. The molecule has 0 saturated heterocycles. The highest BCUT2D eigenvalue weighted by Crippen LogP contribution is 2.50. The zero-order valence-electron chi connectivity index (χ0n) is 16.3. The molecule has 1 unspecified atom stereocenters. The van der Waals surface area contributed by atoms with Gasteiger partial charge >= 0.3 is 0 Å². The molecule has 29 heavy (non-hydrogen) atoms. The molecule has 1 aliphatic carbocycles. The van der Waals surface area contributed by atoms with Gasteiger partial charge < -0.3 is 5.73 Å². The van der Waals surface area contributed by atoms with Gasteiger partial charge in [-0.3, -0.25) is 4.79 Å². The first kappa shape index (κ1) is 18.8. The minimum atomic E-state index is -0.462. The molecule has 0 bridgehead atoms. The zero-order chi connectivity index (χ0) is 20.6. The Hall–Kier alpha value is -3.53. The Bertz CT molecular complexity index is 1150. The van der Waals surface area contributed by atoms with Crippen LogP contribution in [0.1, 0.15) is 57.1 Å². The number of nitrogens with two attached hydrogens (primary N) is 1. The van der Waals surface area contributed by atoms with Crippen LogP contribution in [0.15, 0.2) is 72.4 Å². The van der Waals surface area contributed by atoms with Crippen molar-refractivity contribution < 1.29 is 4.79 Å². The van der Waals surface area contributed by atoms with E-state index in [-0.39, 0.29) is 0 Å². The topological polar surface area (TPSA) is 72.5 Å². The third-order valence-corrected chi connectivity index (χ3v) is 6.06. The van der Waals surface area contributed by atoms with Gasteiger partial charge in [0.05, 0.1) is 0 Å². The van der Waals surface area contributed by atoms with E-state index in [9.17, 15) is 9.70 Å². The molecule has 4 heteroatoms. The fraction of sp³-hybridized carbons (Fsp3) is 0.160. The minimum absolute atomic E-state index is 0.425. The fourth-order valence-corrected chi connectivity index (χ4v) is 4.78. The maximum Gasteiger partial charge on any atom is 0.248 e. The monoisotopic (exact) mass is 382 g/mol. The third-order valence-electron chi connectivity index (χ3n) is 6.06. The number of primary amides is 1. The van der Waals surface area contributed by atoms with Crippen LogP contribution in [-0.2, 0) is 11.8 Å². The van der Waals surface area contributed by atoms with Gasteiger partial charge in [0.2, 0.25) is 5.91 Å². The van der Waals surface area contributed by atoms with Gasteiger partial charge in [-0.2, -0.15) is 0 Å². The third kappa shape index (κ3) is 2.80. The van der Waals surface area contributed by atoms with Crippen LogP contribution >= 0.6 is 0 Å². The van der Waals surface area contributed by atoms with E-state index in [1.165, 1.54) is 11.1 Å². The molecule has 2 N–H and O–H groups in total. The molecule has 0 fully saturated rings. The van der Waals surface area contributed by atoms with Crippen molar-refractivity contribution in [3.63, 3.8) is 0 Å². The lowest BCUT2D eigenvalue weighted by atomic mass is 9.60. The van der Waals surface area contributed by atoms with Gasteiger partial charge in [-0.1, -0.05) is 56.0 Å². The average Bonchev–Trinajstić information content (AvgIpc) is 2.76. The maximum atomic E-state index is 11.7. The summed E-state index contributed by atoms with van der Waals surface area (Å²) in [5.41, 5.74) is 12.6. The van der Waals surface area contributed by atoms with Crippen LogP contribution in [0.4, 0.5) is 5.69 Å². The second-order valence-corrected chi connectivity index (χ2v) is 7.40. The number of fused-ring (bicyclic) bond motifs is 2. The molecule has 1 atom stereocenters. The van der Waals surface area contributed by atoms with Gasteiger partial charge in [0.15, 0.2) is 0 Å². The van der Waals surface area contributed by atoms with Crippen LogP contribution in [0.2, 0.25) is 0 Å². The van der Waals surface area contributed by atoms with Crippen molar-refractivity contribution in [3.05, 3.63) is 111 Å². The number of carbonyl (C=O) groups is 1. The summed E-state index contributed by atoms with van der Waals surface area (Å²) in [7, 11) is 0. The van der Waals surface area contributed by atoms with Crippen LogP contribution in [0.3, 0.4) is 0 Å². The number of carbonyl (C=O) groups excluding carboxylic acids is 1. The van der Waals surface area contributed by atoms with Crippen molar-refractivity contribution >= 4 is 17.7 Å². The molecule has 1 aliphatic rings. The van der Waals surface area contributed by atoms with E-state index in [2.05, 4.69) is 36.9 Å². The molecule has 0 spiro atoms. The van der Waals surface area contributed by atoms with Crippen LogP contribution in [0, 0.1) is 4.91 Å². The SMILES string of the molecule is C=Cc1cc(C(N)=O)ccc1C1(CC)c2ccccc2Cc2cc(N=O)ccc21. The van der Waals surface area contributed by atoms with Crippen molar-refractivity contribution in [2.24, 2.45) is 10.9 Å². The highest BCUT2D eigenvalue weighted by molar-refractivity contribution is 5.93. The Labute approximate surface area is 170 Å². The Morgan fingerprint density at radius 1 is 1.07 bits per heavy atom. The highest BCUT2D eigenvalue weighted by Gasteiger charge is 2.41. The molecule has 4 nitrogen and oxygen atoms in total. The van der Waals surface area contributed by atoms with Gasteiger partial charge in [0.25, 0.3) is 0 Å². The predicted molar refractivity (Wildman–Crippen MR) is 116 cm³/mol. The highest BCUT2D eigenvalue weighted by atomic mass is 16.3. The molecule has 0 radical (unpaired) electrons. The van der Waals surface area contributed by atoms with Crippen molar-refractivity contribution in [1.82, 2.24) is 0 Å². The quantitative estimate of drug-likeness (QED) is 0.594. The lowest BCUT2D eigenvalue weighted by Gasteiger charge is -2.42. The van der Waals surface area contributed by atoms with Crippen LogP contribution < -0.4 is 5.73 Å². The molecular formula is C25H22N2O2. The lowest BCUT2D eigenvalue weighted by Crippen LogP contribution is -2.35. The Kier molecular flexibility index (Phi) is 4.63. The van der Waals surface area contributed by atoms with E-state index in [0.717, 1.165) is 35.1 Å². The normalized spacial score (nSPS) is 17.1. The van der Waals surface area contributed by atoms with E-state index in [4.69, 9.17) is 5.73 Å². The molecule has 3 aromatic rings. The number of benzene rings is 3. The molecule has 1 amide bonds. The second-order valence-electron chi connectivity index (χ2n) is 7.40. The first-order valence-corrected chi connectivity index (χ1v) is 9.67. The molecule has 0 heterocycles. The summed E-state index contributed by atoms with van der Waals surface area (Å²) in [6.07, 6.45) is 3.33. The summed E-state index contributed by atoms with van der Waals surface area (Å²) >= 11 is 0. The van der Waals surface area contributed by atoms with Crippen LogP contribution in [0.5, 0.6) is 0 Å². The van der Waals surface area contributed by atoms with Crippen molar-refractivity contribution in [1.29, 1.82) is 0 Å². The second kappa shape index (κ2) is 7.13. The van der Waals surface area contributed by atoms with Gasteiger partial charge in [0, 0.05) is 11.0 Å². The number of rotatable bonds is 5. The summed E-state index contributed by atoms with van der Waals surface area (Å²) in [6.45, 7) is 6.14. The minimum Gasteiger partial charge on any atom is -0.366 e. The Balaban J connectivity index is 2.09. The number of hydrogen-bond acceptors (Lipinski definition) is 3. The van der Waals surface area contributed by atoms with E-state index >= 15 is 0 Å². The molecule has 0 aromatic heterocycles. The summed E-state index contributed by atoms with van der Waals surface area (Å²) in [4.78, 5) is 22.9. The lowest BCUT2D eigenvalue weighted by molar-refractivity contribution is 0.1000. The average molecular weight is 382 g/mol. The molecule has 4 rings (SSSR count). The van der Waals surface area contributed by atoms with Crippen molar-refractivity contribution in [3.8, 4) is 0 Å². The smallest absolute Gasteiger partial charge is 0.248 e. The van der Waals surface area contributed by atoms with Crippen molar-refractivity contribution in [2.75, 3.05) is 0 Å². The maximum absolute atomic E-state index is 11.7. The Morgan fingerprint density at radius 2 is 1.79 bits per heavy atom. The Morgan fingerprint density at radius 3 is 2.48 bits per heavy atom. The first-order valence-electron chi connectivity index (χ1n) is 9.67. The van der Waals surface area contributed by atoms with Crippen molar-refractivity contribution in [2.45, 2.75) is 25.2 Å². The summed E-state index contributed by atoms with van der Waals surface area (Å²) in [5, 5.41) is 3.13. The zero-order valence-corrected chi connectivity index (χ0v) is 16.3. The van der Waals surface area contributed by atoms with Gasteiger partial charge in [0.1, 0.15) is 5.69 Å². The van der Waals surface area contributed by atoms with E-state index in [1.807, 2.05) is 24.3 Å². The van der Waals surface area contributed by atoms with E-state index in [0.29, 0.717) is 11.3 Å². The first-order chi connectivity index (χ1) is 14.0. The standard InChI is InChI=1S/C25H22N2O2/c1-3-16-13-18(24(26)28)9-11-22(16)25(4-2)21-8-6-5-7-17(21)14-19-15-20(27-29)10-12-23(19)25/h3,5-13,15H,1,4,14H2,2H3,(H2,26,28). The molecule has 0 aliphatic heterocycles. The fourth-order valence-electron chi connectivity index (χ4n) is 4.78. The molecule has 0 saturated carbocycles. The summed E-state index contributed by atoms with van der Waals surface area (Å²) < 4.78 is 0. The van der Waals surface area contributed by atoms with Crippen LogP contribution in [0.25, 0.3) is 6.08 Å². The van der Waals surface area contributed by atoms with Crippen LogP contribution in [-0.4, -0.2) is 5.91 Å². The summed E-state index contributed by atoms with van der Waals surface area (Å²) in [5.74, 6) is -0.462. The van der Waals surface area contributed by atoms with E-state index in [1.54, 1.807) is 24.3 Å². The predicted octanol–water partition coefficient (Wildman–Crippen LogP) is 5.48. The number of amides is 1. The molecular weight excluding hydrogens is 360 g/mol. The number of hydrogen-bond donors (Lipinski definition) is 1. The summed E-state index contributed by atoms with van der Waals surface area (Å²) in [6, 6.07) is 19.6. The van der Waals surface area contributed by atoms with E-state index < -0.39 is 11.3 Å². The number of nitroso groups, excluding NO2 is 1.